The van der Waals surface area contributed by atoms with E-state index >= 15 is 0 Å². The number of amides is 2. The van der Waals surface area contributed by atoms with Crippen LogP contribution in [0.5, 0.6) is 11.5 Å². The summed E-state index contributed by atoms with van der Waals surface area (Å²) in [6.45, 7) is 4.18. The highest BCUT2D eigenvalue weighted by atomic mass is 19.4. The highest BCUT2D eigenvalue weighted by Gasteiger charge is 2.38. The first-order valence-electron chi connectivity index (χ1n) is 13.7. The van der Waals surface area contributed by atoms with Crippen LogP contribution in [-0.4, -0.2) is 101 Å². The number of methoxy groups -OCH3 is 2. The van der Waals surface area contributed by atoms with E-state index < -0.39 is 24.3 Å². The molecule has 0 spiro atoms. The van der Waals surface area contributed by atoms with Crippen molar-refractivity contribution >= 4 is 23.7 Å². The number of carbonyl (C=O) groups is 3. The Morgan fingerprint density at radius 3 is 2.06 bits per heavy atom. The number of aliphatic carboxylic acids is 2. The van der Waals surface area contributed by atoms with Gasteiger partial charge in [0.2, 0.25) is 0 Å². The third kappa shape index (κ3) is 13.1. The smallest absolute Gasteiger partial charge is 0.490 e. The Kier molecular flexibility index (Phi) is 14.3. The van der Waals surface area contributed by atoms with E-state index in [2.05, 4.69) is 20.4 Å². The second-order valence-corrected chi connectivity index (χ2v) is 9.76. The van der Waals surface area contributed by atoms with Crippen molar-refractivity contribution in [2.24, 2.45) is 0 Å². The summed E-state index contributed by atoms with van der Waals surface area (Å²) in [6.07, 6.45) is -4.15. The molecule has 18 heteroatoms. The molecule has 258 valence electrons. The zero-order valence-electron chi connectivity index (χ0n) is 25.2. The molecule has 0 unspecified atom stereocenters. The predicted octanol–water partition coefficient (Wildman–Crippen LogP) is 5.49. The van der Waals surface area contributed by atoms with Gasteiger partial charge < -0.3 is 34.8 Å². The van der Waals surface area contributed by atoms with Gasteiger partial charge in [-0.15, -0.1) is 0 Å². The topological polar surface area (TPSA) is 157 Å². The van der Waals surface area contributed by atoms with Gasteiger partial charge in [0.25, 0.3) is 0 Å². The number of carbonyl (C=O) groups excluding carboxylic acids is 1. The van der Waals surface area contributed by atoms with Gasteiger partial charge in [-0.2, -0.15) is 31.4 Å². The van der Waals surface area contributed by atoms with Gasteiger partial charge in [0.15, 0.2) is 0 Å². The third-order valence-corrected chi connectivity index (χ3v) is 6.44. The standard InChI is InChI=1S/C25H31N5O3.2C2HF3O2/c1-32-22-7-5-6-19(14-22)18-30(13-12-29-10-3-4-11-29)25(31)28-23-9-8-20(15-24(23)33-2)21-16-26-27-17-21;2*3-2(4,5)1(6)7/h5-9,14-17H,3-4,10-13,18H2,1-2H3,(H,26,27)(H,28,31);2*(H,6,7). The predicted molar refractivity (Wildman–Crippen MR) is 156 cm³/mol. The molecule has 1 aliphatic rings. The number of benzene rings is 2. The summed E-state index contributed by atoms with van der Waals surface area (Å²) in [5, 5.41) is 24.1. The van der Waals surface area contributed by atoms with E-state index in [4.69, 9.17) is 29.3 Å². The molecule has 1 fully saturated rings. The van der Waals surface area contributed by atoms with Crippen LogP contribution in [0.25, 0.3) is 11.1 Å². The van der Waals surface area contributed by atoms with Crippen LogP contribution in [0, 0.1) is 0 Å². The number of anilines is 1. The fourth-order valence-electron chi connectivity index (χ4n) is 4.09. The molecule has 1 aliphatic heterocycles. The third-order valence-electron chi connectivity index (χ3n) is 6.44. The number of carboxylic acids is 2. The highest BCUT2D eigenvalue weighted by molar-refractivity contribution is 5.91. The van der Waals surface area contributed by atoms with E-state index in [1.807, 2.05) is 53.6 Å². The number of hydrogen-bond donors (Lipinski definition) is 4. The Bertz CT molecular complexity index is 1420. The lowest BCUT2D eigenvalue weighted by atomic mass is 10.1. The first kappa shape index (κ1) is 38.2. The average molecular weight is 678 g/mol. The van der Waals surface area contributed by atoms with Crippen molar-refractivity contribution < 1.29 is 60.4 Å². The van der Waals surface area contributed by atoms with Gasteiger partial charge in [-0.05, 0) is 61.3 Å². The molecule has 4 rings (SSSR count). The lowest BCUT2D eigenvalue weighted by Gasteiger charge is -2.26. The van der Waals surface area contributed by atoms with E-state index in [9.17, 15) is 31.1 Å². The number of carboxylic acid groups (broad SMARTS) is 2. The second-order valence-electron chi connectivity index (χ2n) is 9.76. The van der Waals surface area contributed by atoms with Gasteiger partial charge >= 0.3 is 30.3 Å². The molecule has 4 N–H and O–H groups in total. The number of halogens is 6. The molecule has 0 atom stereocenters. The maximum atomic E-state index is 13.4. The molecule has 47 heavy (non-hydrogen) atoms. The summed E-state index contributed by atoms with van der Waals surface area (Å²) in [4.78, 5) is 35.4. The molecule has 0 aliphatic carbocycles. The number of rotatable bonds is 9. The van der Waals surface area contributed by atoms with Crippen LogP contribution in [0.2, 0.25) is 0 Å². The lowest BCUT2D eigenvalue weighted by Crippen LogP contribution is -2.40. The number of aromatic nitrogens is 2. The molecule has 0 bridgehead atoms. The number of urea groups is 1. The molecule has 0 saturated carbocycles. The molecule has 2 heterocycles. The van der Waals surface area contributed by atoms with E-state index in [0.717, 1.165) is 42.1 Å². The minimum absolute atomic E-state index is 0.161. The molecule has 0 radical (unpaired) electrons. The summed E-state index contributed by atoms with van der Waals surface area (Å²) >= 11 is 0. The SMILES string of the molecule is COc1cccc(CN(CCN2CCCC2)C(=O)Nc2ccc(-c3cn[nH]c3)cc2OC)c1.O=C(O)C(F)(F)F.O=C(O)C(F)(F)F. The van der Waals surface area contributed by atoms with Crippen molar-refractivity contribution in [3.8, 4) is 22.6 Å². The largest absolute Gasteiger partial charge is 0.497 e. The minimum Gasteiger partial charge on any atom is -0.497 e. The van der Waals surface area contributed by atoms with Crippen LogP contribution in [0.3, 0.4) is 0 Å². The fourth-order valence-corrected chi connectivity index (χ4v) is 4.09. The average Bonchev–Trinajstić information content (AvgIpc) is 3.74. The summed E-state index contributed by atoms with van der Waals surface area (Å²) in [5.41, 5.74) is 3.57. The Morgan fingerprint density at radius 2 is 1.55 bits per heavy atom. The first-order valence-corrected chi connectivity index (χ1v) is 13.7. The zero-order valence-corrected chi connectivity index (χ0v) is 25.2. The van der Waals surface area contributed by atoms with Crippen molar-refractivity contribution in [1.82, 2.24) is 20.0 Å². The van der Waals surface area contributed by atoms with E-state index in [-0.39, 0.29) is 6.03 Å². The molecule has 2 aromatic carbocycles. The monoisotopic (exact) mass is 677 g/mol. The zero-order chi connectivity index (χ0) is 35.2. The molecule has 1 aromatic heterocycles. The summed E-state index contributed by atoms with van der Waals surface area (Å²) in [5.74, 6) is -4.13. The normalized spacial score (nSPS) is 12.9. The number of nitrogens with one attached hydrogen (secondary N) is 2. The van der Waals surface area contributed by atoms with Gasteiger partial charge in [0.1, 0.15) is 11.5 Å². The van der Waals surface area contributed by atoms with Crippen LogP contribution in [0.15, 0.2) is 54.9 Å². The van der Waals surface area contributed by atoms with Crippen LogP contribution < -0.4 is 14.8 Å². The Labute approximate surface area is 264 Å². The number of ether oxygens (including phenoxy) is 2. The minimum atomic E-state index is -5.08. The van der Waals surface area contributed by atoms with E-state index in [1.54, 1.807) is 20.4 Å². The maximum Gasteiger partial charge on any atom is 0.490 e. The van der Waals surface area contributed by atoms with E-state index in [0.29, 0.717) is 24.5 Å². The number of likely N-dealkylation sites (tertiary alicyclic amines) is 1. The Morgan fingerprint density at radius 1 is 0.936 bits per heavy atom. The molecular weight excluding hydrogens is 644 g/mol. The van der Waals surface area contributed by atoms with Crippen molar-refractivity contribution in [3.05, 3.63) is 60.4 Å². The van der Waals surface area contributed by atoms with Crippen molar-refractivity contribution in [3.63, 3.8) is 0 Å². The van der Waals surface area contributed by atoms with Crippen molar-refractivity contribution in [1.29, 1.82) is 0 Å². The second kappa shape index (κ2) is 17.6. The maximum absolute atomic E-state index is 13.4. The van der Waals surface area contributed by atoms with E-state index in [1.165, 1.54) is 12.8 Å². The highest BCUT2D eigenvalue weighted by Crippen LogP contribution is 2.31. The quantitative estimate of drug-likeness (QED) is 0.215. The van der Waals surface area contributed by atoms with Gasteiger partial charge in [0.05, 0.1) is 26.1 Å². The van der Waals surface area contributed by atoms with Crippen LogP contribution >= 0.6 is 0 Å². The summed E-state index contributed by atoms with van der Waals surface area (Å²) in [6, 6.07) is 13.4. The summed E-state index contributed by atoms with van der Waals surface area (Å²) < 4.78 is 74.4. The molecule has 3 aromatic rings. The van der Waals surface area contributed by atoms with Crippen molar-refractivity contribution in [2.75, 3.05) is 45.7 Å². The first-order chi connectivity index (χ1) is 22.0. The number of H-pyrrole nitrogens is 1. The van der Waals surface area contributed by atoms with Gasteiger partial charge in [-0.25, -0.2) is 14.4 Å². The van der Waals surface area contributed by atoms with Crippen molar-refractivity contribution in [2.45, 2.75) is 31.7 Å². The molecule has 2 amide bonds. The van der Waals surface area contributed by atoms with Gasteiger partial charge in [0, 0.05) is 31.4 Å². The molecule has 1 saturated heterocycles. The number of aromatic amines is 1. The number of alkyl halides is 6. The molecule has 12 nitrogen and oxygen atoms in total. The van der Waals surface area contributed by atoms with Crippen LogP contribution in [-0.2, 0) is 16.1 Å². The lowest BCUT2D eigenvalue weighted by molar-refractivity contribution is -0.193. The fraction of sp³-hybridized carbons (Fsp3) is 0.379. The molecular formula is C29H33F6N5O7. The van der Waals surface area contributed by atoms with Crippen LogP contribution in [0.1, 0.15) is 18.4 Å². The Hall–Kier alpha value is -5.00. The van der Waals surface area contributed by atoms with Crippen LogP contribution in [0.4, 0.5) is 36.8 Å². The Balaban J connectivity index is 0.000000459. The number of nitrogens with zero attached hydrogens (tertiary/aromatic N) is 3. The van der Waals surface area contributed by atoms with Gasteiger partial charge in [-0.3, -0.25) is 5.10 Å². The summed E-state index contributed by atoms with van der Waals surface area (Å²) in [7, 11) is 3.25. The van der Waals surface area contributed by atoms with Gasteiger partial charge in [-0.1, -0.05) is 18.2 Å². The number of hydrogen-bond acceptors (Lipinski definition) is 7.